The molecule has 12 heavy (non-hydrogen) atoms. The van der Waals surface area contributed by atoms with E-state index in [4.69, 9.17) is 0 Å². The Morgan fingerprint density at radius 3 is 2.33 bits per heavy atom. The van der Waals surface area contributed by atoms with Crippen molar-refractivity contribution in [1.29, 1.82) is 0 Å². The highest BCUT2D eigenvalue weighted by molar-refractivity contribution is 9.10. The van der Waals surface area contributed by atoms with Gasteiger partial charge in [0.25, 0.3) is 0 Å². The Labute approximate surface area is 81.9 Å². The van der Waals surface area contributed by atoms with Crippen molar-refractivity contribution in [3.8, 4) is 0 Å². The second-order valence-corrected chi connectivity index (χ2v) is 2.94. The van der Waals surface area contributed by atoms with Crippen LogP contribution in [0.25, 0.3) is 0 Å². The molecular weight excluding hydrogens is 219 g/mol. The molecule has 0 heterocycles. The van der Waals surface area contributed by atoms with Crippen molar-refractivity contribution in [2.24, 2.45) is 0 Å². The summed E-state index contributed by atoms with van der Waals surface area (Å²) in [5.74, 6) is -0.191. The van der Waals surface area contributed by atoms with Crippen molar-refractivity contribution in [2.45, 2.75) is 27.2 Å². The standard InChI is InChI=1S/C8H8BrF.C2H6/c1-2-6-3-4-7(10)5-8(6)9;1-2/h3-5H,2H2,1H3;1-2H3. The molecule has 1 aromatic carbocycles. The van der Waals surface area contributed by atoms with E-state index in [9.17, 15) is 4.39 Å². The van der Waals surface area contributed by atoms with Crippen LogP contribution < -0.4 is 0 Å². The van der Waals surface area contributed by atoms with E-state index in [-0.39, 0.29) is 5.82 Å². The van der Waals surface area contributed by atoms with Gasteiger partial charge < -0.3 is 0 Å². The molecular formula is C10H14BrF. The fraction of sp³-hybridized carbons (Fsp3) is 0.400. The van der Waals surface area contributed by atoms with Gasteiger partial charge in [-0.05, 0) is 24.1 Å². The first-order valence-corrected chi connectivity index (χ1v) is 4.97. The van der Waals surface area contributed by atoms with E-state index >= 15 is 0 Å². The molecule has 0 saturated carbocycles. The van der Waals surface area contributed by atoms with Crippen LogP contribution in [-0.2, 0) is 6.42 Å². The monoisotopic (exact) mass is 232 g/mol. The minimum Gasteiger partial charge on any atom is -0.207 e. The molecule has 0 atom stereocenters. The molecule has 0 nitrogen and oxygen atoms in total. The van der Waals surface area contributed by atoms with Gasteiger partial charge in [0.05, 0.1) is 0 Å². The Morgan fingerprint density at radius 2 is 1.92 bits per heavy atom. The molecule has 0 spiro atoms. The molecule has 0 saturated heterocycles. The lowest BCUT2D eigenvalue weighted by Crippen LogP contribution is -1.82. The molecule has 0 bridgehead atoms. The number of benzene rings is 1. The molecule has 0 N–H and O–H groups in total. The summed E-state index contributed by atoms with van der Waals surface area (Å²) in [5, 5.41) is 0. The molecule has 0 aliphatic carbocycles. The summed E-state index contributed by atoms with van der Waals surface area (Å²) in [4.78, 5) is 0. The van der Waals surface area contributed by atoms with Gasteiger partial charge in [0.15, 0.2) is 0 Å². The second kappa shape index (κ2) is 6.18. The first-order chi connectivity index (χ1) is 5.74. The summed E-state index contributed by atoms with van der Waals surface area (Å²) >= 11 is 3.27. The summed E-state index contributed by atoms with van der Waals surface area (Å²) in [7, 11) is 0. The molecule has 1 rings (SSSR count). The third-order valence-corrected chi connectivity index (χ3v) is 2.13. The van der Waals surface area contributed by atoms with Crippen LogP contribution in [-0.4, -0.2) is 0 Å². The maximum Gasteiger partial charge on any atom is 0.124 e. The lowest BCUT2D eigenvalue weighted by atomic mass is 10.2. The Hall–Kier alpha value is -0.370. The molecule has 2 heteroatoms. The van der Waals surface area contributed by atoms with Crippen molar-refractivity contribution >= 4 is 15.9 Å². The molecule has 1 aromatic rings. The maximum absolute atomic E-state index is 12.5. The minimum absolute atomic E-state index is 0.191. The van der Waals surface area contributed by atoms with Gasteiger partial charge in [-0.1, -0.05) is 42.8 Å². The quantitative estimate of drug-likeness (QED) is 0.682. The van der Waals surface area contributed by atoms with Crippen molar-refractivity contribution in [2.75, 3.05) is 0 Å². The summed E-state index contributed by atoms with van der Waals surface area (Å²) in [6, 6.07) is 4.75. The van der Waals surface area contributed by atoms with Gasteiger partial charge in [-0.3, -0.25) is 0 Å². The van der Waals surface area contributed by atoms with Gasteiger partial charge >= 0.3 is 0 Å². The topological polar surface area (TPSA) is 0 Å². The van der Waals surface area contributed by atoms with Gasteiger partial charge in [-0.2, -0.15) is 0 Å². The average Bonchev–Trinajstić information content (AvgIpc) is 2.08. The number of halogens is 2. The molecule has 0 aliphatic heterocycles. The summed E-state index contributed by atoms with van der Waals surface area (Å²) < 4.78 is 13.3. The van der Waals surface area contributed by atoms with E-state index in [1.54, 1.807) is 6.07 Å². The first kappa shape index (κ1) is 11.6. The molecule has 0 radical (unpaired) electrons. The molecule has 0 aromatic heterocycles. The Balaban J connectivity index is 0.000000561. The first-order valence-electron chi connectivity index (χ1n) is 4.18. The number of aryl methyl sites for hydroxylation is 1. The van der Waals surface area contributed by atoms with Crippen LogP contribution in [0.15, 0.2) is 22.7 Å². The normalized spacial score (nSPS) is 8.75. The van der Waals surface area contributed by atoms with Crippen LogP contribution >= 0.6 is 15.9 Å². The van der Waals surface area contributed by atoms with Crippen LogP contribution in [0.4, 0.5) is 4.39 Å². The zero-order valence-corrected chi connectivity index (χ0v) is 9.28. The summed E-state index contributed by atoms with van der Waals surface area (Å²) in [6.07, 6.45) is 0.931. The lowest BCUT2D eigenvalue weighted by Gasteiger charge is -1.98. The van der Waals surface area contributed by atoms with Crippen molar-refractivity contribution in [3.63, 3.8) is 0 Å². The van der Waals surface area contributed by atoms with Gasteiger partial charge in [0.2, 0.25) is 0 Å². The Bertz CT molecular complexity index is 233. The molecule has 0 fully saturated rings. The van der Waals surface area contributed by atoms with E-state index in [0.717, 1.165) is 16.5 Å². The lowest BCUT2D eigenvalue weighted by molar-refractivity contribution is 0.626. The van der Waals surface area contributed by atoms with Crippen LogP contribution in [0.3, 0.4) is 0 Å². The van der Waals surface area contributed by atoms with Crippen LogP contribution in [0, 0.1) is 5.82 Å². The van der Waals surface area contributed by atoms with Gasteiger partial charge in [0.1, 0.15) is 5.82 Å². The third-order valence-electron chi connectivity index (χ3n) is 1.40. The zero-order valence-electron chi connectivity index (χ0n) is 7.70. The van der Waals surface area contributed by atoms with Gasteiger partial charge in [0, 0.05) is 4.47 Å². The molecule has 0 aliphatic rings. The van der Waals surface area contributed by atoms with Gasteiger partial charge in [-0.25, -0.2) is 4.39 Å². The van der Waals surface area contributed by atoms with Crippen molar-refractivity contribution in [1.82, 2.24) is 0 Å². The Kier molecular flexibility index (Phi) is 5.99. The highest BCUT2D eigenvalue weighted by atomic mass is 79.9. The highest BCUT2D eigenvalue weighted by Crippen LogP contribution is 2.17. The molecule has 68 valence electrons. The van der Waals surface area contributed by atoms with Crippen molar-refractivity contribution in [3.05, 3.63) is 34.1 Å². The van der Waals surface area contributed by atoms with E-state index in [2.05, 4.69) is 15.9 Å². The van der Waals surface area contributed by atoms with Crippen molar-refractivity contribution < 1.29 is 4.39 Å². The predicted molar refractivity (Wildman–Crippen MR) is 54.8 cm³/mol. The third kappa shape index (κ3) is 3.35. The SMILES string of the molecule is CC.CCc1ccc(F)cc1Br. The fourth-order valence-corrected chi connectivity index (χ4v) is 1.44. The largest absolute Gasteiger partial charge is 0.207 e. The van der Waals surface area contributed by atoms with Crippen LogP contribution in [0.5, 0.6) is 0 Å². The average molecular weight is 233 g/mol. The van der Waals surface area contributed by atoms with Crippen LogP contribution in [0.2, 0.25) is 0 Å². The van der Waals surface area contributed by atoms with E-state index < -0.39 is 0 Å². The van der Waals surface area contributed by atoms with E-state index in [1.807, 2.05) is 20.8 Å². The van der Waals surface area contributed by atoms with Crippen LogP contribution in [0.1, 0.15) is 26.3 Å². The predicted octanol–water partition coefficient (Wildman–Crippen LogP) is 4.18. The van der Waals surface area contributed by atoms with E-state index in [1.165, 1.54) is 12.1 Å². The smallest absolute Gasteiger partial charge is 0.124 e. The number of hydrogen-bond acceptors (Lipinski definition) is 0. The van der Waals surface area contributed by atoms with Gasteiger partial charge in [-0.15, -0.1) is 0 Å². The van der Waals surface area contributed by atoms with E-state index in [0.29, 0.717) is 0 Å². The summed E-state index contributed by atoms with van der Waals surface area (Å²) in [5.41, 5.74) is 1.14. The number of rotatable bonds is 1. The highest BCUT2D eigenvalue weighted by Gasteiger charge is 1.97. The number of hydrogen-bond donors (Lipinski definition) is 0. The zero-order chi connectivity index (χ0) is 9.56. The molecule has 0 unspecified atom stereocenters. The second-order valence-electron chi connectivity index (χ2n) is 2.09. The maximum atomic E-state index is 12.5. The Morgan fingerprint density at radius 1 is 1.33 bits per heavy atom. The molecule has 0 amide bonds. The summed E-state index contributed by atoms with van der Waals surface area (Å²) in [6.45, 7) is 6.04. The fourth-order valence-electron chi connectivity index (χ4n) is 0.808. The minimum atomic E-state index is -0.191.